The molecule has 0 unspecified atom stereocenters. The fourth-order valence-corrected chi connectivity index (χ4v) is 3.85. The number of nitrogens with zero attached hydrogens (tertiary/aromatic N) is 3. The maximum Gasteiger partial charge on any atom is 0.216 e. The highest BCUT2D eigenvalue weighted by Crippen LogP contribution is 2.29. The molecule has 7 heteroatoms. The number of nitrogens with one attached hydrogen (secondary N) is 1. The van der Waals surface area contributed by atoms with Gasteiger partial charge in [0.05, 0.1) is 13.3 Å². The van der Waals surface area contributed by atoms with Gasteiger partial charge in [-0.15, -0.1) is 0 Å². The summed E-state index contributed by atoms with van der Waals surface area (Å²) in [6.45, 7) is 0.444. The van der Waals surface area contributed by atoms with E-state index in [1.165, 1.54) is 10.8 Å². The first-order valence-electron chi connectivity index (χ1n) is 10.8. The van der Waals surface area contributed by atoms with Crippen molar-refractivity contribution in [3.63, 3.8) is 0 Å². The maximum absolute atomic E-state index is 6.06. The number of methoxy groups -OCH3 is 1. The Morgan fingerprint density at radius 2 is 1.71 bits per heavy atom. The minimum atomic E-state index is 0.414. The molecule has 34 heavy (non-hydrogen) atoms. The smallest absolute Gasteiger partial charge is 0.216 e. The Kier molecular flexibility index (Phi) is 6.18. The van der Waals surface area contributed by atoms with E-state index in [1.54, 1.807) is 18.0 Å². The Hall–Kier alpha value is -4.23. The third-order valence-electron chi connectivity index (χ3n) is 5.40. The molecular formula is C27H22N4O2S. The second-order valence-corrected chi connectivity index (χ2v) is 8.04. The van der Waals surface area contributed by atoms with Crippen LogP contribution in [0.5, 0.6) is 11.5 Å². The average Bonchev–Trinajstić information content (AvgIpc) is 3.26. The lowest BCUT2D eigenvalue weighted by molar-refractivity contribution is 0.284. The van der Waals surface area contributed by atoms with E-state index in [4.69, 9.17) is 21.7 Å². The molecule has 1 heterocycles. The number of ether oxygens (including phenoxy) is 2. The third kappa shape index (κ3) is 4.60. The van der Waals surface area contributed by atoms with E-state index >= 15 is 0 Å². The van der Waals surface area contributed by atoms with Gasteiger partial charge in [-0.25, -0.2) is 5.10 Å². The molecule has 0 aliphatic heterocycles. The Morgan fingerprint density at radius 3 is 2.53 bits per heavy atom. The lowest BCUT2D eigenvalue weighted by Crippen LogP contribution is -1.99. The number of H-pyrrole nitrogens is 1. The van der Waals surface area contributed by atoms with E-state index in [0.29, 0.717) is 28.7 Å². The van der Waals surface area contributed by atoms with Gasteiger partial charge in [0.1, 0.15) is 6.61 Å². The number of hydrogen-bond donors (Lipinski definition) is 1. The summed E-state index contributed by atoms with van der Waals surface area (Å²) in [6.07, 6.45) is 1.72. The van der Waals surface area contributed by atoms with Crippen LogP contribution >= 0.6 is 12.2 Å². The van der Waals surface area contributed by atoms with E-state index < -0.39 is 0 Å². The molecule has 1 N–H and O–H groups in total. The molecule has 0 fully saturated rings. The van der Waals surface area contributed by atoms with Gasteiger partial charge in [0.2, 0.25) is 4.77 Å². The molecule has 1 aromatic heterocycles. The molecule has 4 aromatic carbocycles. The molecule has 6 nitrogen and oxygen atoms in total. The van der Waals surface area contributed by atoms with Crippen molar-refractivity contribution in [1.29, 1.82) is 0 Å². The number of aromatic amines is 1. The minimum Gasteiger partial charge on any atom is -0.493 e. The summed E-state index contributed by atoms with van der Waals surface area (Å²) in [5.74, 6) is 1.94. The van der Waals surface area contributed by atoms with E-state index in [1.807, 2.05) is 60.7 Å². The number of hydrogen-bond acceptors (Lipinski definition) is 5. The standard InChI is InChI=1S/C27H22N4O2S/c1-32-25-16-19(17-28-31-26(29-30-27(31)34)22-8-3-2-4-9-22)12-14-24(25)33-18-20-11-13-21-7-5-6-10-23(21)15-20/h2-17H,18H2,1H3,(H,30,34)/b28-17-. The first-order chi connectivity index (χ1) is 16.7. The van der Waals surface area contributed by atoms with Crippen molar-refractivity contribution < 1.29 is 9.47 Å². The van der Waals surface area contributed by atoms with Crippen LogP contribution in [0.2, 0.25) is 0 Å². The second-order valence-electron chi connectivity index (χ2n) is 7.66. The van der Waals surface area contributed by atoms with Crippen LogP contribution in [-0.2, 0) is 6.61 Å². The zero-order valence-electron chi connectivity index (χ0n) is 18.5. The average molecular weight is 467 g/mol. The molecule has 0 saturated carbocycles. The van der Waals surface area contributed by atoms with Crippen molar-refractivity contribution in [3.05, 3.63) is 107 Å². The summed E-state index contributed by atoms with van der Waals surface area (Å²) >= 11 is 5.35. The van der Waals surface area contributed by atoms with Crippen LogP contribution in [0.25, 0.3) is 22.2 Å². The van der Waals surface area contributed by atoms with Crippen molar-refractivity contribution in [2.75, 3.05) is 7.11 Å². The number of rotatable bonds is 7. The van der Waals surface area contributed by atoms with Crippen LogP contribution in [0.3, 0.4) is 0 Å². The molecular weight excluding hydrogens is 444 g/mol. The van der Waals surface area contributed by atoms with Crippen LogP contribution in [0, 0.1) is 4.77 Å². The Morgan fingerprint density at radius 1 is 0.912 bits per heavy atom. The number of benzene rings is 4. The lowest BCUT2D eigenvalue weighted by atomic mass is 10.1. The maximum atomic E-state index is 6.06. The van der Waals surface area contributed by atoms with E-state index in [-0.39, 0.29) is 0 Å². The van der Waals surface area contributed by atoms with Gasteiger partial charge in [-0.05, 0) is 58.4 Å². The Balaban J connectivity index is 1.34. The number of aromatic nitrogens is 3. The SMILES string of the molecule is COc1cc(/C=N\n2c(-c3ccccc3)n[nH]c2=S)ccc1OCc1ccc2ccccc2c1. The lowest BCUT2D eigenvalue weighted by Gasteiger charge is -2.12. The first-order valence-corrected chi connectivity index (χ1v) is 11.2. The highest BCUT2D eigenvalue weighted by Gasteiger charge is 2.09. The van der Waals surface area contributed by atoms with Crippen LogP contribution in [0.4, 0.5) is 0 Å². The molecule has 0 aliphatic carbocycles. The summed E-state index contributed by atoms with van der Waals surface area (Å²) in [7, 11) is 1.62. The Bertz CT molecular complexity index is 1520. The topological polar surface area (TPSA) is 64.4 Å². The molecule has 5 aromatic rings. The molecule has 0 saturated heterocycles. The van der Waals surface area contributed by atoms with E-state index in [9.17, 15) is 0 Å². The van der Waals surface area contributed by atoms with Crippen molar-refractivity contribution >= 4 is 29.2 Å². The summed E-state index contributed by atoms with van der Waals surface area (Å²) < 4.78 is 13.6. The highest BCUT2D eigenvalue weighted by molar-refractivity contribution is 7.71. The summed E-state index contributed by atoms with van der Waals surface area (Å²) in [5, 5.41) is 14.0. The third-order valence-corrected chi connectivity index (χ3v) is 5.66. The van der Waals surface area contributed by atoms with Gasteiger partial charge < -0.3 is 9.47 Å². The molecule has 0 radical (unpaired) electrons. The van der Waals surface area contributed by atoms with Gasteiger partial charge in [-0.3, -0.25) is 0 Å². The molecule has 5 rings (SSSR count). The first kappa shape index (κ1) is 21.6. The molecule has 168 valence electrons. The molecule has 0 bridgehead atoms. The van der Waals surface area contributed by atoms with Crippen LogP contribution in [0.15, 0.2) is 96.1 Å². The van der Waals surface area contributed by atoms with Gasteiger partial charge in [-0.2, -0.15) is 14.9 Å². The molecule has 0 aliphatic rings. The minimum absolute atomic E-state index is 0.414. The normalized spacial score (nSPS) is 11.2. The van der Waals surface area contributed by atoms with Crippen molar-refractivity contribution in [3.8, 4) is 22.9 Å². The van der Waals surface area contributed by atoms with Crippen LogP contribution in [0.1, 0.15) is 11.1 Å². The van der Waals surface area contributed by atoms with Crippen molar-refractivity contribution in [1.82, 2.24) is 14.9 Å². The van der Waals surface area contributed by atoms with E-state index in [2.05, 4.69) is 45.6 Å². The summed E-state index contributed by atoms with van der Waals surface area (Å²) in [6, 6.07) is 30.1. The highest BCUT2D eigenvalue weighted by atomic mass is 32.1. The van der Waals surface area contributed by atoms with Gasteiger partial charge >= 0.3 is 0 Å². The molecule has 0 spiro atoms. The molecule has 0 atom stereocenters. The van der Waals surface area contributed by atoms with Gasteiger partial charge in [0, 0.05) is 5.56 Å². The monoisotopic (exact) mass is 466 g/mol. The summed E-state index contributed by atoms with van der Waals surface area (Å²) in [4.78, 5) is 0. The second kappa shape index (κ2) is 9.72. The summed E-state index contributed by atoms with van der Waals surface area (Å²) in [5.41, 5.74) is 2.85. The fourth-order valence-electron chi connectivity index (χ4n) is 3.67. The zero-order chi connectivity index (χ0) is 23.3. The van der Waals surface area contributed by atoms with Crippen molar-refractivity contribution in [2.24, 2.45) is 5.10 Å². The van der Waals surface area contributed by atoms with Crippen molar-refractivity contribution in [2.45, 2.75) is 6.61 Å². The molecule has 0 amide bonds. The quantitative estimate of drug-likeness (QED) is 0.228. The van der Waals surface area contributed by atoms with Gasteiger partial charge in [0.25, 0.3) is 0 Å². The fraction of sp³-hybridized carbons (Fsp3) is 0.0741. The van der Waals surface area contributed by atoms with E-state index in [0.717, 1.165) is 16.7 Å². The van der Waals surface area contributed by atoms with Gasteiger partial charge in [0.15, 0.2) is 17.3 Å². The number of fused-ring (bicyclic) bond motifs is 1. The van der Waals surface area contributed by atoms with Crippen LogP contribution in [-0.4, -0.2) is 28.2 Å². The predicted octanol–water partition coefficient (Wildman–Crippen LogP) is 6.23. The Labute approximate surface area is 202 Å². The zero-order valence-corrected chi connectivity index (χ0v) is 19.3. The van der Waals surface area contributed by atoms with Gasteiger partial charge in [-0.1, -0.05) is 66.7 Å². The predicted molar refractivity (Wildman–Crippen MR) is 137 cm³/mol. The largest absolute Gasteiger partial charge is 0.493 e. The van der Waals surface area contributed by atoms with Crippen LogP contribution < -0.4 is 9.47 Å².